The predicted molar refractivity (Wildman–Crippen MR) is 56.3 cm³/mol. The van der Waals surface area contributed by atoms with Gasteiger partial charge >= 0.3 is 12.4 Å². The molecule has 1 aromatic rings. The molecule has 1 aliphatic heterocycles. The van der Waals surface area contributed by atoms with Crippen LogP contribution in [0.25, 0.3) is 0 Å². The van der Waals surface area contributed by atoms with Crippen LogP contribution >= 0.6 is 0 Å². The number of hydrogen-bond donors (Lipinski definition) is 2. The van der Waals surface area contributed by atoms with Crippen LogP contribution < -0.4 is 10.2 Å². The Hall–Kier alpha value is -1.52. The van der Waals surface area contributed by atoms with E-state index in [1.807, 2.05) is 0 Å². The number of nitrogens with zero attached hydrogens (tertiary/aromatic N) is 3. The third-order valence-corrected chi connectivity index (χ3v) is 2.82. The van der Waals surface area contributed by atoms with Crippen LogP contribution in [0.2, 0.25) is 0 Å². The van der Waals surface area contributed by atoms with Crippen LogP contribution in [0.5, 0.6) is 0 Å². The number of halogens is 6. The smallest absolute Gasteiger partial charge is 0.337 e. The predicted octanol–water partition coefficient (Wildman–Crippen LogP) is 1.42. The Kier molecular flexibility index (Phi) is 3.80. The fourth-order valence-corrected chi connectivity index (χ4v) is 1.90. The Morgan fingerprint density at radius 1 is 1.00 bits per heavy atom. The van der Waals surface area contributed by atoms with Crippen LogP contribution in [-0.2, 0) is 0 Å². The van der Waals surface area contributed by atoms with Crippen molar-refractivity contribution in [1.82, 2.24) is 20.5 Å². The van der Waals surface area contributed by atoms with Crippen molar-refractivity contribution in [2.24, 2.45) is 0 Å². The highest BCUT2D eigenvalue weighted by atomic mass is 19.4. The summed E-state index contributed by atoms with van der Waals surface area (Å²) >= 11 is 0. The highest BCUT2D eigenvalue weighted by Crippen LogP contribution is 2.45. The van der Waals surface area contributed by atoms with Crippen molar-refractivity contribution in [2.75, 3.05) is 31.1 Å². The van der Waals surface area contributed by atoms with E-state index in [0.29, 0.717) is 26.2 Å². The van der Waals surface area contributed by atoms with Gasteiger partial charge in [0.2, 0.25) is 11.9 Å². The number of piperazine rings is 1. The van der Waals surface area contributed by atoms with Gasteiger partial charge in [-0.15, -0.1) is 5.10 Å². The zero-order valence-electron chi connectivity index (χ0n) is 10.0. The van der Waals surface area contributed by atoms with E-state index >= 15 is 0 Å². The first-order chi connectivity index (χ1) is 9.19. The zero-order valence-corrected chi connectivity index (χ0v) is 10.0. The second-order valence-corrected chi connectivity index (χ2v) is 4.27. The molecule has 0 amide bonds. The molecule has 1 aromatic heterocycles. The number of alkyl halides is 6. The molecule has 2 N–H and O–H groups in total. The van der Waals surface area contributed by atoms with E-state index in [9.17, 15) is 26.3 Å². The van der Waals surface area contributed by atoms with E-state index in [1.165, 1.54) is 4.90 Å². The Morgan fingerprint density at radius 2 is 1.55 bits per heavy atom. The molecule has 0 aliphatic carbocycles. The quantitative estimate of drug-likeness (QED) is 0.812. The molecule has 5 nitrogen and oxygen atoms in total. The summed E-state index contributed by atoms with van der Waals surface area (Å²) in [5, 5.41) is 8.20. The van der Waals surface area contributed by atoms with Gasteiger partial charge in [0, 0.05) is 26.2 Å². The molecule has 11 heteroatoms. The number of aromatic nitrogens is 3. The van der Waals surface area contributed by atoms with Crippen molar-refractivity contribution >= 4 is 5.95 Å². The van der Waals surface area contributed by atoms with Crippen LogP contribution in [0.4, 0.5) is 32.3 Å². The third-order valence-electron chi connectivity index (χ3n) is 2.82. The lowest BCUT2D eigenvalue weighted by Gasteiger charge is -2.26. The molecule has 1 saturated heterocycles. The normalized spacial score (nSPS) is 17.9. The molecule has 0 saturated carbocycles. The molecule has 0 aromatic carbocycles. The molecule has 114 valence electrons. The average molecular weight is 303 g/mol. The summed E-state index contributed by atoms with van der Waals surface area (Å²) < 4.78 is 75.1. The van der Waals surface area contributed by atoms with Crippen LogP contribution in [0.1, 0.15) is 11.7 Å². The maximum Gasteiger partial charge on any atom is 0.407 e. The number of nitrogens with one attached hydrogen (secondary N) is 2. The summed E-state index contributed by atoms with van der Waals surface area (Å²) in [5.74, 6) is -5.04. The second-order valence-electron chi connectivity index (χ2n) is 4.27. The summed E-state index contributed by atoms with van der Waals surface area (Å²) in [4.78, 5) is 4.87. The van der Waals surface area contributed by atoms with Crippen LogP contribution in [-0.4, -0.2) is 53.7 Å². The summed E-state index contributed by atoms with van der Waals surface area (Å²) in [6, 6.07) is 0. The fraction of sp³-hybridized carbons (Fsp3) is 0.778. The van der Waals surface area contributed by atoms with Crippen molar-refractivity contribution < 1.29 is 26.3 Å². The van der Waals surface area contributed by atoms with Gasteiger partial charge in [-0.2, -0.15) is 31.3 Å². The van der Waals surface area contributed by atoms with Crippen LogP contribution in [0.15, 0.2) is 0 Å². The van der Waals surface area contributed by atoms with E-state index in [-0.39, 0.29) is 5.95 Å². The van der Waals surface area contributed by atoms with Gasteiger partial charge in [0.25, 0.3) is 0 Å². The molecule has 1 fully saturated rings. The lowest BCUT2D eigenvalue weighted by atomic mass is 10.1. The minimum Gasteiger partial charge on any atom is -0.337 e. The average Bonchev–Trinajstić information content (AvgIpc) is 2.75. The summed E-state index contributed by atoms with van der Waals surface area (Å²) in [7, 11) is 0. The molecule has 20 heavy (non-hydrogen) atoms. The Labute approximate surface area is 109 Å². The highest BCUT2D eigenvalue weighted by Gasteiger charge is 2.59. The van der Waals surface area contributed by atoms with E-state index in [1.54, 1.807) is 5.10 Å². The molecule has 0 bridgehead atoms. The van der Waals surface area contributed by atoms with Gasteiger partial charge in [0.1, 0.15) is 5.82 Å². The van der Waals surface area contributed by atoms with Crippen molar-refractivity contribution in [2.45, 2.75) is 18.3 Å². The van der Waals surface area contributed by atoms with Gasteiger partial charge in [-0.25, -0.2) is 0 Å². The highest BCUT2D eigenvalue weighted by molar-refractivity contribution is 5.30. The molecule has 0 radical (unpaired) electrons. The monoisotopic (exact) mass is 303 g/mol. The molecule has 2 heterocycles. The minimum absolute atomic E-state index is 0.153. The molecule has 1 aliphatic rings. The molecule has 0 spiro atoms. The third kappa shape index (κ3) is 3.14. The number of H-pyrrole nitrogens is 1. The topological polar surface area (TPSA) is 56.8 Å². The van der Waals surface area contributed by atoms with Gasteiger partial charge in [-0.3, -0.25) is 5.10 Å². The number of rotatable bonds is 2. The minimum atomic E-state index is -5.47. The Balaban J connectivity index is 2.25. The van der Waals surface area contributed by atoms with Gasteiger partial charge in [-0.1, -0.05) is 0 Å². The van der Waals surface area contributed by atoms with Gasteiger partial charge in [0.05, 0.1) is 0 Å². The number of aromatic amines is 1. The molecular formula is C9H11F6N5. The van der Waals surface area contributed by atoms with Crippen molar-refractivity contribution in [3.8, 4) is 0 Å². The summed E-state index contributed by atoms with van der Waals surface area (Å²) in [6.07, 6.45) is -10.9. The Morgan fingerprint density at radius 3 is 2.05 bits per heavy atom. The largest absolute Gasteiger partial charge is 0.407 e. The first-order valence-electron chi connectivity index (χ1n) is 5.71. The van der Waals surface area contributed by atoms with Crippen molar-refractivity contribution in [3.63, 3.8) is 0 Å². The standard InChI is InChI=1S/C9H11F6N5/c10-8(11,12)5(9(13,14)15)6-17-7(19-18-6)20-3-1-16-2-4-20/h5,16H,1-4H2,(H,17,18,19). The number of hydrogen-bond acceptors (Lipinski definition) is 4. The van der Waals surface area contributed by atoms with Crippen LogP contribution in [0.3, 0.4) is 0 Å². The Bertz CT molecular complexity index is 432. The fourth-order valence-electron chi connectivity index (χ4n) is 1.90. The SMILES string of the molecule is FC(F)(F)C(c1nc(N2CCNCC2)n[nH]1)C(F)(F)F. The lowest BCUT2D eigenvalue weighted by Crippen LogP contribution is -2.44. The maximum atomic E-state index is 12.5. The van der Waals surface area contributed by atoms with Gasteiger partial charge in [-0.05, 0) is 0 Å². The first-order valence-corrected chi connectivity index (χ1v) is 5.71. The second kappa shape index (κ2) is 5.11. The van der Waals surface area contributed by atoms with Crippen LogP contribution in [0, 0.1) is 0 Å². The molecule has 2 rings (SSSR count). The lowest BCUT2D eigenvalue weighted by molar-refractivity contribution is -0.255. The van der Waals surface area contributed by atoms with Crippen molar-refractivity contribution in [3.05, 3.63) is 5.82 Å². The zero-order chi connectivity index (χ0) is 15.0. The van der Waals surface area contributed by atoms with Gasteiger partial charge < -0.3 is 10.2 Å². The van der Waals surface area contributed by atoms with E-state index < -0.39 is 24.1 Å². The molecule has 0 atom stereocenters. The van der Waals surface area contributed by atoms with E-state index in [0.717, 1.165) is 0 Å². The summed E-state index contributed by atoms with van der Waals surface area (Å²) in [6.45, 7) is 1.96. The summed E-state index contributed by atoms with van der Waals surface area (Å²) in [5.41, 5.74) is 0. The van der Waals surface area contributed by atoms with Gasteiger partial charge in [0.15, 0.2) is 0 Å². The van der Waals surface area contributed by atoms with Crippen molar-refractivity contribution in [1.29, 1.82) is 0 Å². The molecular weight excluding hydrogens is 292 g/mol. The van der Waals surface area contributed by atoms with E-state index in [2.05, 4.69) is 15.4 Å². The first kappa shape index (κ1) is 14.9. The van der Waals surface area contributed by atoms with E-state index in [4.69, 9.17) is 0 Å². The number of anilines is 1. The maximum absolute atomic E-state index is 12.5. The molecule has 0 unspecified atom stereocenters.